The number of benzene rings is 1. The standard InChI is InChI=1S/C21H27N5O4S/c1-15(27)16-4-6-17(7-5-16)22-19(28)14-31-21-24-23-20(25-8-11-29-12-9-25)26(21)13-18-3-2-10-30-18/h4-7,18H,2-3,8-14H2,1H3,(H,22,28). The number of rotatable bonds is 8. The Balaban J connectivity index is 1.41. The summed E-state index contributed by atoms with van der Waals surface area (Å²) in [6.45, 7) is 5.85. The van der Waals surface area contributed by atoms with E-state index in [1.807, 2.05) is 0 Å². The second kappa shape index (κ2) is 10.3. The van der Waals surface area contributed by atoms with Crippen LogP contribution in [0.2, 0.25) is 0 Å². The zero-order valence-electron chi connectivity index (χ0n) is 17.6. The van der Waals surface area contributed by atoms with Gasteiger partial charge in [-0.3, -0.25) is 14.2 Å². The Kier molecular flexibility index (Phi) is 7.21. The molecule has 2 fully saturated rings. The van der Waals surface area contributed by atoms with Gasteiger partial charge in [-0.25, -0.2) is 0 Å². The number of ketones is 1. The van der Waals surface area contributed by atoms with Gasteiger partial charge in [0.1, 0.15) is 0 Å². The van der Waals surface area contributed by atoms with Crippen molar-refractivity contribution in [3.8, 4) is 0 Å². The van der Waals surface area contributed by atoms with Crippen LogP contribution in [-0.2, 0) is 20.8 Å². The van der Waals surface area contributed by atoms with Crippen molar-refractivity contribution in [1.82, 2.24) is 14.8 Å². The van der Waals surface area contributed by atoms with Crippen molar-refractivity contribution in [2.75, 3.05) is 48.9 Å². The monoisotopic (exact) mass is 445 g/mol. The van der Waals surface area contributed by atoms with Crippen LogP contribution in [0.15, 0.2) is 29.4 Å². The highest BCUT2D eigenvalue weighted by Crippen LogP contribution is 2.26. The van der Waals surface area contributed by atoms with Gasteiger partial charge in [0.25, 0.3) is 0 Å². The Morgan fingerprint density at radius 3 is 2.61 bits per heavy atom. The Labute approximate surface area is 185 Å². The summed E-state index contributed by atoms with van der Waals surface area (Å²) >= 11 is 1.36. The van der Waals surface area contributed by atoms with E-state index < -0.39 is 0 Å². The van der Waals surface area contributed by atoms with Gasteiger partial charge in [-0.15, -0.1) is 10.2 Å². The SMILES string of the molecule is CC(=O)c1ccc(NC(=O)CSc2nnc(N3CCOCC3)n2CC2CCCO2)cc1. The number of ether oxygens (including phenoxy) is 2. The average molecular weight is 446 g/mol. The van der Waals surface area contributed by atoms with Gasteiger partial charge in [-0.1, -0.05) is 11.8 Å². The summed E-state index contributed by atoms with van der Waals surface area (Å²) in [4.78, 5) is 26.0. The molecule has 0 bridgehead atoms. The molecular formula is C21H27N5O4S. The molecule has 1 atom stereocenters. The van der Waals surface area contributed by atoms with E-state index in [0.717, 1.165) is 38.5 Å². The van der Waals surface area contributed by atoms with Crippen LogP contribution in [0.25, 0.3) is 0 Å². The van der Waals surface area contributed by atoms with Crippen molar-refractivity contribution in [1.29, 1.82) is 0 Å². The zero-order valence-corrected chi connectivity index (χ0v) is 18.4. The van der Waals surface area contributed by atoms with Crippen molar-refractivity contribution in [3.63, 3.8) is 0 Å². The molecule has 2 aliphatic heterocycles. The van der Waals surface area contributed by atoms with E-state index in [-0.39, 0.29) is 23.5 Å². The summed E-state index contributed by atoms with van der Waals surface area (Å²) in [6, 6.07) is 6.88. The number of morpholine rings is 1. The molecule has 2 saturated heterocycles. The van der Waals surface area contributed by atoms with Crippen LogP contribution in [0.3, 0.4) is 0 Å². The topological polar surface area (TPSA) is 98.6 Å². The molecule has 9 nitrogen and oxygen atoms in total. The molecule has 4 rings (SSSR count). The van der Waals surface area contributed by atoms with Gasteiger partial charge in [-0.2, -0.15) is 0 Å². The molecule has 2 aromatic rings. The number of aromatic nitrogens is 3. The first kappa shape index (κ1) is 21.8. The number of hydrogen-bond acceptors (Lipinski definition) is 8. The first-order valence-corrected chi connectivity index (χ1v) is 11.5. The number of thioether (sulfide) groups is 1. The molecule has 10 heteroatoms. The van der Waals surface area contributed by atoms with Gasteiger partial charge in [0.05, 0.1) is 31.6 Å². The van der Waals surface area contributed by atoms with E-state index in [0.29, 0.717) is 36.2 Å². The molecule has 2 aliphatic rings. The zero-order chi connectivity index (χ0) is 21.6. The summed E-state index contributed by atoms with van der Waals surface area (Å²) < 4.78 is 13.3. The number of anilines is 2. The van der Waals surface area contributed by atoms with Crippen molar-refractivity contribution in [2.24, 2.45) is 0 Å². The van der Waals surface area contributed by atoms with E-state index in [1.165, 1.54) is 18.7 Å². The maximum atomic E-state index is 12.5. The molecule has 0 aliphatic carbocycles. The summed E-state index contributed by atoms with van der Waals surface area (Å²) in [5.41, 5.74) is 1.27. The molecule has 0 spiro atoms. The molecule has 0 radical (unpaired) electrons. The predicted molar refractivity (Wildman–Crippen MR) is 118 cm³/mol. The summed E-state index contributed by atoms with van der Waals surface area (Å²) in [7, 11) is 0. The fourth-order valence-electron chi connectivity index (χ4n) is 3.65. The van der Waals surface area contributed by atoms with Gasteiger partial charge in [-0.05, 0) is 44.0 Å². The summed E-state index contributed by atoms with van der Waals surface area (Å²) in [5, 5.41) is 12.3. The molecule has 0 saturated carbocycles. The molecule has 3 heterocycles. The third-order valence-electron chi connectivity index (χ3n) is 5.31. The molecule has 31 heavy (non-hydrogen) atoms. The number of carbonyl (C=O) groups excluding carboxylic acids is 2. The number of nitrogens with zero attached hydrogens (tertiary/aromatic N) is 4. The highest BCUT2D eigenvalue weighted by atomic mass is 32.2. The van der Waals surface area contributed by atoms with Crippen LogP contribution in [0.1, 0.15) is 30.1 Å². The summed E-state index contributed by atoms with van der Waals surface area (Å²) in [5.74, 6) is 0.873. The van der Waals surface area contributed by atoms with Crippen molar-refractivity contribution in [3.05, 3.63) is 29.8 Å². The molecular weight excluding hydrogens is 418 g/mol. The van der Waals surface area contributed by atoms with Crippen LogP contribution in [0.5, 0.6) is 0 Å². The van der Waals surface area contributed by atoms with E-state index in [2.05, 4.69) is 25.0 Å². The molecule has 1 amide bonds. The highest BCUT2D eigenvalue weighted by Gasteiger charge is 2.25. The second-order valence-corrected chi connectivity index (χ2v) is 8.54. The van der Waals surface area contributed by atoms with E-state index in [9.17, 15) is 9.59 Å². The van der Waals surface area contributed by atoms with E-state index >= 15 is 0 Å². The minimum Gasteiger partial charge on any atom is -0.378 e. The first-order valence-electron chi connectivity index (χ1n) is 10.5. The van der Waals surface area contributed by atoms with Crippen molar-refractivity contribution in [2.45, 2.75) is 37.6 Å². The first-order chi connectivity index (χ1) is 15.1. The number of carbonyl (C=O) groups is 2. The third kappa shape index (κ3) is 5.63. The minimum absolute atomic E-state index is 0.00455. The normalized spacial score (nSPS) is 18.9. The molecule has 1 aromatic heterocycles. The lowest BCUT2D eigenvalue weighted by Gasteiger charge is -2.28. The lowest BCUT2D eigenvalue weighted by Crippen LogP contribution is -2.38. The van der Waals surface area contributed by atoms with Crippen LogP contribution >= 0.6 is 11.8 Å². The quantitative estimate of drug-likeness (QED) is 0.488. The molecule has 1 unspecified atom stereocenters. The largest absolute Gasteiger partial charge is 0.378 e. The fraction of sp³-hybridized carbons (Fsp3) is 0.524. The molecule has 166 valence electrons. The van der Waals surface area contributed by atoms with Gasteiger partial charge < -0.3 is 19.7 Å². The molecule has 1 aromatic carbocycles. The Hall–Kier alpha value is -2.43. The van der Waals surface area contributed by atoms with E-state index in [1.54, 1.807) is 24.3 Å². The lowest BCUT2D eigenvalue weighted by atomic mass is 10.1. The highest BCUT2D eigenvalue weighted by molar-refractivity contribution is 7.99. The van der Waals surface area contributed by atoms with Gasteiger partial charge in [0, 0.05) is 30.9 Å². The number of nitrogens with one attached hydrogen (secondary N) is 1. The Morgan fingerprint density at radius 1 is 1.16 bits per heavy atom. The van der Waals surface area contributed by atoms with Gasteiger partial charge >= 0.3 is 0 Å². The number of hydrogen-bond donors (Lipinski definition) is 1. The van der Waals surface area contributed by atoms with Gasteiger partial charge in [0.15, 0.2) is 10.9 Å². The fourth-order valence-corrected chi connectivity index (χ4v) is 4.40. The maximum Gasteiger partial charge on any atom is 0.234 e. The van der Waals surface area contributed by atoms with Gasteiger partial charge in [0.2, 0.25) is 11.9 Å². The molecule has 1 N–H and O–H groups in total. The van der Waals surface area contributed by atoms with Crippen LogP contribution in [0.4, 0.5) is 11.6 Å². The summed E-state index contributed by atoms with van der Waals surface area (Å²) in [6.07, 6.45) is 2.22. The maximum absolute atomic E-state index is 12.5. The van der Waals surface area contributed by atoms with Crippen LogP contribution < -0.4 is 10.2 Å². The Bertz CT molecular complexity index is 905. The lowest BCUT2D eigenvalue weighted by molar-refractivity contribution is -0.113. The average Bonchev–Trinajstić information content (AvgIpc) is 3.44. The van der Waals surface area contributed by atoms with Crippen LogP contribution in [0, 0.1) is 0 Å². The van der Waals surface area contributed by atoms with E-state index in [4.69, 9.17) is 9.47 Å². The number of Topliss-reactive ketones (excluding diaryl/α,β-unsaturated/α-hetero) is 1. The third-order valence-corrected chi connectivity index (χ3v) is 6.28. The second-order valence-electron chi connectivity index (χ2n) is 7.60. The number of amides is 1. The minimum atomic E-state index is -0.139. The predicted octanol–water partition coefficient (Wildman–Crippen LogP) is 2.23. The van der Waals surface area contributed by atoms with Crippen molar-refractivity contribution < 1.29 is 19.1 Å². The van der Waals surface area contributed by atoms with Crippen LogP contribution in [-0.4, -0.2) is 71.2 Å². The smallest absolute Gasteiger partial charge is 0.234 e. The van der Waals surface area contributed by atoms with Crippen molar-refractivity contribution >= 4 is 35.1 Å². The Morgan fingerprint density at radius 2 is 1.94 bits per heavy atom.